The van der Waals surface area contributed by atoms with Crippen LogP contribution in [0.3, 0.4) is 0 Å². The van der Waals surface area contributed by atoms with Gasteiger partial charge >= 0.3 is 0 Å². The van der Waals surface area contributed by atoms with Gasteiger partial charge in [0.15, 0.2) is 0 Å². The molecule has 0 bridgehead atoms. The van der Waals surface area contributed by atoms with Crippen molar-refractivity contribution < 1.29 is 0 Å². The fourth-order valence-electron chi connectivity index (χ4n) is 1.83. The van der Waals surface area contributed by atoms with E-state index < -0.39 is 0 Å². The number of hydrogen-bond acceptors (Lipinski definition) is 3. The molecule has 3 N–H and O–H groups in total. The van der Waals surface area contributed by atoms with Crippen LogP contribution in [-0.4, -0.2) is 25.2 Å². The average Bonchev–Trinajstić information content (AvgIpc) is 2.13. The Bertz CT molecular complexity index is 322. The Morgan fingerprint density at radius 3 is 3.14 bits per heavy atom. The molecule has 0 aliphatic carbocycles. The van der Waals surface area contributed by atoms with Crippen LogP contribution < -0.4 is 11.1 Å². The van der Waals surface area contributed by atoms with E-state index in [9.17, 15) is 0 Å². The first-order valence-electron chi connectivity index (χ1n) is 5.06. The predicted octanol–water partition coefficient (Wildman–Crippen LogP) is 1.52. The molecule has 0 radical (unpaired) electrons. The molecule has 0 saturated heterocycles. The van der Waals surface area contributed by atoms with Crippen LogP contribution in [0.5, 0.6) is 0 Å². The number of nitrogens with one attached hydrogen (secondary N) is 1. The van der Waals surface area contributed by atoms with Crippen molar-refractivity contribution >= 4 is 11.4 Å². The Labute approximate surface area is 84.9 Å². The highest BCUT2D eigenvalue weighted by atomic mass is 15.2. The van der Waals surface area contributed by atoms with Crippen LogP contribution in [0.15, 0.2) is 18.2 Å². The second-order valence-corrected chi connectivity index (χ2v) is 3.93. The summed E-state index contributed by atoms with van der Waals surface area (Å²) in [7, 11) is 2.13. The third kappa shape index (κ3) is 1.99. The lowest BCUT2D eigenvalue weighted by molar-refractivity contribution is 0.348. The summed E-state index contributed by atoms with van der Waals surface area (Å²) in [5.74, 6) is 0. The topological polar surface area (TPSA) is 41.3 Å². The van der Waals surface area contributed by atoms with E-state index >= 15 is 0 Å². The molecule has 14 heavy (non-hydrogen) atoms. The Hall–Kier alpha value is -1.22. The van der Waals surface area contributed by atoms with Crippen LogP contribution >= 0.6 is 0 Å². The summed E-state index contributed by atoms with van der Waals surface area (Å²) in [6.45, 7) is 2.05. The minimum atomic E-state index is 0.861. The number of rotatable bonds is 0. The maximum atomic E-state index is 5.76. The van der Waals surface area contributed by atoms with Crippen molar-refractivity contribution in [2.24, 2.45) is 0 Å². The van der Waals surface area contributed by atoms with Crippen LogP contribution in [0.1, 0.15) is 12.0 Å². The van der Waals surface area contributed by atoms with Crippen LogP contribution in [0.2, 0.25) is 0 Å². The smallest absolute Gasteiger partial charge is 0.0675 e. The summed E-state index contributed by atoms with van der Waals surface area (Å²) in [5, 5.41) is 3.41. The third-order valence-corrected chi connectivity index (χ3v) is 2.65. The molecule has 1 aromatic rings. The fraction of sp³-hybridized carbons (Fsp3) is 0.455. The Kier molecular flexibility index (Phi) is 2.59. The van der Waals surface area contributed by atoms with Crippen molar-refractivity contribution in [2.75, 3.05) is 31.3 Å². The van der Waals surface area contributed by atoms with Gasteiger partial charge in [-0.25, -0.2) is 0 Å². The molecule has 0 spiro atoms. The Morgan fingerprint density at radius 1 is 1.43 bits per heavy atom. The van der Waals surface area contributed by atoms with Gasteiger partial charge in [0.05, 0.1) is 6.67 Å². The molecule has 0 aromatic heterocycles. The van der Waals surface area contributed by atoms with Crippen molar-refractivity contribution in [2.45, 2.75) is 12.8 Å². The van der Waals surface area contributed by atoms with Crippen LogP contribution in [-0.2, 0) is 6.42 Å². The molecule has 76 valence electrons. The van der Waals surface area contributed by atoms with Gasteiger partial charge in [0.1, 0.15) is 0 Å². The molecule has 3 heteroatoms. The van der Waals surface area contributed by atoms with E-state index in [1.54, 1.807) is 0 Å². The number of anilines is 2. The molecule has 0 fully saturated rings. The highest BCUT2D eigenvalue weighted by Crippen LogP contribution is 2.21. The Balaban J connectivity index is 2.24. The van der Waals surface area contributed by atoms with Gasteiger partial charge in [-0.1, -0.05) is 0 Å². The van der Waals surface area contributed by atoms with Crippen molar-refractivity contribution in [3.8, 4) is 0 Å². The zero-order valence-corrected chi connectivity index (χ0v) is 8.59. The molecule has 0 unspecified atom stereocenters. The number of nitrogen functional groups attached to an aromatic ring is 1. The molecule has 3 nitrogen and oxygen atoms in total. The number of aryl methyl sites for hydroxylation is 1. The second-order valence-electron chi connectivity index (χ2n) is 3.93. The van der Waals surface area contributed by atoms with Gasteiger partial charge in [0, 0.05) is 11.4 Å². The van der Waals surface area contributed by atoms with Gasteiger partial charge in [-0.3, -0.25) is 4.90 Å². The lowest BCUT2D eigenvalue weighted by Gasteiger charge is -2.23. The van der Waals surface area contributed by atoms with Crippen molar-refractivity contribution in [3.63, 3.8) is 0 Å². The van der Waals surface area contributed by atoms with E-state index in [0.29, 0.717) is 0 Å². The first-order chi connectivity index (χ1) is 6.75. The minimum Gasteiger partial charge on any atom is -0.399 e. The quantitative estimate of drug-likeness (QED) is 0.611. The van der Waals surface area contributed by atoms with Gasteiger partial charge in [0.2, 0.25) is 0 Å². The van der Waals surface area contributed by atoms with Gasteiger partial charge in [0.25, 0.3) is 0 Å². The molecule has 2 rings (SSSR count). The van der Waals surface area contributed by atoms with E-state index in [1.165, 1.54) is 17.7 Å². The van der Waals surface area contributed by atoms with Crippen molar-refractivity contribution in [1.29, 1.82) is 0 Å². The summed E-state index contributed by atoms with van der Waals surface area (Å²) < 4.78 is 0. The number of fused-ring (bicyclic) bond motifs is 1. The fourth-order valence-corrected chi connectivity index (χ4v) is 1.83. The molecular formula is C11H17N3. The number of benzene rings is 1. The number of nitrogens with two attached hydrogens (primary N) is 1. The molecule has 1 heterocycles. The molecule has 0 atom stereocenters. The van der Waals surface area contributed by atoms with Gasteiger partial charge in [-0.15, -0.1) is 0 Å². The van der Waals surface area contributed by atoms with E-state index in [1.807, 2.05) is 6.07 Å². The molecule has 1 aliphatic heterocycles. The largest absolute Gasteiger partial charge is 0.399 e. The summed E-state index contributed by atoms with van der Waals surface area (Å²) in [5.41, 5.74) is 9.19. The second kappa shape index (κ2) is 3.88. The zero-order valence-electron chi connectivity index (χ0n) is 8.59. The predicted molar refractivity (Wildman–Crippen MR) is 60.3 cm³/mol. The molecule has 0 amide bonds. The first kappa shape index (κ1) is 9.34. The van der Waals surface area contributed by atoms with Crippen molar-refractivity contribution in [1.82, 2.24) is 4.90 Å². The first-order valence-corrected chi connectivity index (χ1v) is 5.06. The number of hydrogen-bond donors (Lipinski definition) is 2. The maximum absolute atomic E-state index is 5.76. The lowest BCUT2D eigenvalue weighted by Crippen LogP contribution is -2.28. The molecule has 1 aromatic carbocycles. The minimum absolute atomic E-state index is 0.861. The molecular weight excluding hydrogens is 174 g/mol. The highest BCUT2D eigenvalue weighted by molar-refractivity contribution is 5.58. The van der Waals surface area contributed by atoms with Crippen LogP contribution in [0.25, 0.3) is 0 Å². The monoisotopic (exact) mass is 191 g/mol. The van der Waals surface area contributed by atoms with Crippen LogP contribution in [0, 0.1) is 0 Å². The summed E-state index contributed by atoms with van der Waals surface area (Å²) in [6.07, 6.45) is 2.31. The van der Waals surface area contributed by atoms with E-state index in [-0.39, 0.29) is 0 Å². The summed E-state index contributed by atoms with van der Waals surface area (Å²) in [6, 6.07) is 6.10. The van der Waals surface area contributed by atoms with E-state index in [4.69, 9.17) is 5.73 Å². The van der Waals surface area contributed by atoms with Gasteiger partial charge < -0.3 is 11.1 Å². The molecule has 1 aliphatic rings. The van der Waals surface area contributed by atoms with Gasteiger partial charge in [-0.2, -0.15) is 0 Å². The van der Waals surface area contributed by atoms with Gasteiger partial charge in [-0.05, 0) is 50.2 Å². The standard InChI is InChI=1S/C11H17N3/c1-14-6-2-3-9-7-10(12)4-5-11(9)13-8-14/h4-5,7,13H,2-3,6,8,12H2,1H3. The van der Waals surface area contributed by atoms with Crippen molar-refractivity contribution in [3.05, 3.63) is 23.8 Å². The third-order valence-electron chi connectivity index (χ3n) is 2.65. The lowest BCUT2D eigenvalue weighted by atomic mass is 10.1. The van der Waals surface area contributed by atoms with E-state index in [2.05, 4.69) is 29.4 Å². The maximum Gasteiger partial charge on any atom is 0.0675 e. The zero-order chi connectivity index (χ0) is 9.97. The normalized spacial score (nSPS) is 17.8. The molecule has 0 saturated carbocycles. The Morgan fingerprint density at radius 2 is 2.29 bits per heavy atom. The highest BCUT2D eigenvalue weighted by Gasteiger charge is 2.08. The van der Waals surface area contributed by atoms with E-state index in [0.717, 1.165) is 25.3 Å². The SMILES string of the molecule is CN1CCCc2cc(N)ccc2NC1. The summed E-state index contributed by atoms with van der Waals surface area (Å²) >= 11 is 0. The van der Waals surface area contributed by atoms with Crippen LogP contribution in [0.4, 0.5) is 11.4 Å². The number of nitrogens with zero attached hydrogens (tertiary/aromatic N) is 1. The average molecular weight is 191 g/mol. The summed E-state index contributed by atoms with van der Waals surface area (Å²) in [4.78, 5) is 2.29.